The number of nitriles is 1. The zero-order chi connectivity index (χ0) is 15.1. The van der Waals surface area contributed by atoms with E-state index in [1.807, 2.05) is 37.4 Å². The zero-order valence-corrected chi connectivity index (χ0v) is 12.3. The average molecular weight is 299 g/mol. The Kier molecular flexibility index (Phi) is 5.35. The van der Waals surface area contributed by atoms with Gasteiger partial charge >= 0.3 is 0 Å². The van der Waals surface area contributed by atoms with Gasteiger partial charge in [0, 0.05) is 5.75 Å². The second kappa shape index (κ2) is 7.46. The van der Waals surface area contributed by atoms with Gasteiger partial charge in [0.15, 0.2) is 11.4 Å². The summed E-state index contributed by atoms with van der Waals surface area (Å²) in [6.45, 7) is 2.03. The topological polar surface area (TPSA) is 48.2 Å². The first-order chi connectivity index (χ1) is 10.2. The molecule has 0 aliphatic carbocycles. The predicted octanol–water partition coefficient (Wildman–Crippen LogP) is 4.13. The lowest BCUT2D eigenvalue weighted by molar-refractivity contribution is 0.630. The van der Waals surface area contributed by atoms with Crippen molar-refractivity contribution >= 4 is 22.6 Å². The van der Waals surface area contributed by atoms with Crippen molar-refractivity contribution in [2.75, 3.05) is 0 Å². The summed E-state index contributed by atoms with van der Waals surface area (Å²) >= 11 is 1.37. The third kappa shape index (κ3) is 4.33. The number of halogens is 1. The fourth-order valence-corrected chi connectivity index (χ4v) is 2.61. The Balaban J connectivity index is 2.15. The molecule has 0 aliphatic rings. The number of hydrogen-bond donors (Lipinski definition) is 1. The molecule has 0 saturated carbocycles. The minimum Gasteiger partial charge on any atom is -0.271 e. The van der Waals surface area contributed by atoms with Crippen LogP contribution >= 0.6 is 11.8 Å². The minimum absolute atomic E-state index is 0.215. The van der Waals surface area contributed by atoms with Crippen LogP contribution in [0.5, 0.6) is 0 Å². The predicted molar refractivity (Wildman–Crippen MR) is 84.7 cm³/mol. The van der Waals surface area contributed by atoms with Crippen LogP contribution in [0.25, 0.3) is 0 Å². The Bertz CT molecular complexity index is 692. The monoisotopic (exact) mass is 299 g/mol. The summed E-state index contributed by atoms with van der Waals surface area (Å²) in [6.07, 6.45) is 1.83. The number of para-hydroxylation sites is 1. The molecule has 2 aromatic carbocycles. The van der Waals surface area contributed by atoms with Gasteiger partial charge in [-0.1, -0.05) is 48.2 Å². The highest BCUT2D eigenvalue weighted by atomic mass is 32.2. The van der Waals surface area contributed by atoms with Crippen molar-refractivity contribution in [1.29, 1.82) is 5.26 Å². The van der Waals surface area contributed by atoms with Gasteiger partial charge in [-0.15, -0.1) is 0 Å². The third-order valence-corrected chi connectivity index (χ3v) is 3.79. The summed E-state index contributed by atoms with van der Waals surface area (Å²) in [4.78, 5) is 4.16. The van der Waals surface area contributed by atoms with E-state index in [0.717, 1.165) is 5.56 Å². The molecule has 106 valence electrons. The van der Waals surface area contributed by atoms with Gasteiger partial charge in [-0.25, -0.2) is 9.38 Å². The lowest BCUT2D eigenvalue weighted by Gasteiger charge is -2.07. The summed E-state index contributed by atoms with van der Waals surface area (Å²) in [5.41, 5.74) is 2.54. The molecular weight excluding hydrogens is 285 g/mol. The first kappa shape index (κ1) is 15.1. The summed E-state index contributed by atoms with van der Waals surface area (Å²) in [6, 6.07) is 14.2. The van der Waals surface area contributed by atoms with Gasteiger partial charge in [0.2, 0.25) is 0 Å². The number of nitrogens with zero attached hydrogens (tertiary/aromatic N) is 2. The van der Waals surface area contributed by atoms with Gasteiger partial charge < -0.3 is 0 Å². The fourth-order valence-electron chi connectivity index (χ4n) is 1.71. The van der Waals surface area contributed by atoms with Crippen molar-refractivity contribution in [2.24, 2.45) is 4.99 Å². The highest BCUT2D eigenvalue weighted by molar-refractivity contribution is 8.13. The molecule has 2 rings (SSSR count). The summed E-state index contributed by atoms with van der Waals surface area (Å²) < 4.78 is 13.6. The number of aryl methyl sites for hydroxylation is 1. The summed E-state index contributed by atoms with van der Waals surface area (Å²) in [5, 5.41) is 11.7. The van der Waals surface area contributed by atoms with E-state index in [9.17, 15) is 4.39 Å². The molecule has 5 heteroatoms. The van der Waals surface area contributed by atoms with Crippen molar-refractivity contribution < 1.29 is 4.39 Å². The van der Waals surface area contributed by atoms with Gasteiger partial charge in [0.25, 0.3) is 0 Å². The average Bonchev–Trinajstić information content (AvgIpc) is 2.48. The molecule has 0 bridgehead atoms. The lowest BCUT2D eigenvalue weighted by atomic mass is 10.1. The molecule has 2 aromatic rings. The van der Waals surface area contributed by atoms with E-state index in [1.165, 1.54) is 23.4 Å². The van der Waals surface area contributed by atoms with E-state index >= 15 is 0 Å². The largest absolute Gasteiger partial charge is 0.271 e. The van der Waals surface area contributed by atoms with Gasteiger partial charge in [-0.2, -0.15) is 5.26 Å². The van der Waals surface area contributed by atoms with Crippen molar-refractivity contribution in [3.63, 3.8) is 0 Å². The third-order valence-electron chi connectivity index (χ3n) is 2.86. The smallest absolute Gasteiger partial charge is 0.183 e. The van der Waals surface area contributed by atoms with Crippen LogP contribution in [0.3, 0.4) is 0 Å². The Morgan fingerprint density at radius 3 is 2.67 bits per heavy atom. The minimum atomic E-state index is -0.411. The lowest BCUT2D eigenvalue weighted by Crippen LogP contribution is -2.13. The fraction of sp³-hybridized carbons (Fsp3) is 0.125. The van der Waals surface area contributed by atoms with Crippen LogP contribution in [-0.4, -0.2) is 5.17 Å². The highest BCUT2D eigenvalue weighted by Crippen LogP contribution is 2.21. The van der Waals surface area contributed by atoms with Crippen molar-refractivity contribution in [3.05, 3.63) is 65.5 Å². The molecule has 0 aliphatic heterocycles. The van der Waals surface area contributed by atoms with Crippen LogP contribution < -0.4 is 5.32 Å². The van der Waals surface area contributed by atoms with Crippen LogP contribution in [0.2, 0.25) is 0 Å². The van der Waals surface area contributed by atoms with E-state index in [1.54, 1.807) is 18.2 Å². The molecule has 21 heavy (non-hydrogen) atoms. The number of benzene rings is 2. The molecule has 0 fully saturated rings. The molecule has 0 radical (unpaired) electrons. The van der Waals surface area contributed by atoms with E-state index in [4.69, 9.17) is 5.26 Å². The second-order valence-corrected chi connectivity index (χ2v) is 5.28. The molecule has 1 N–H and O–H groups in total. The molecular formula is C16H14FN3S. The molecule has 0 atom stereocenters. The van der Waals surface area contributed by atoms with Crippen LogP contribution in [0.4, 0.5) is 10.1 Å². The van der Waals surface area contributed by atoms with Crippen molar-refractivity contribution in [1.82, 2.24) is 5.32 Å². The molecule has 3 nitrogen and oxygen atoms in total. The maximum absolute atomic E-state index is 13.6. The molecule has 0 spiro atoms. The van der Waals surface area contributed by atoms with Crippen molar-refractivity contribution in [3.8, 4) is 6.19 Å². The van der Waals surface area contributed by atoms with Gasteiger partial charge in [-0.3, -0.25) is 5.32 Å². The first-order valence-corrected chi connectivity index (χ1v) is 7.35. The Morgan fingerprint density at radius 2 is 1.95 bits per heavy atom. The first-order valence-electron chi connectivity index (χ1n) is 6.36. The van der Waals surface area contributed by atoms with Gasteiger partial charge in [0.05, 0.1) is 0 Å². The van der Waals surface area contributed by atoms with Crippen molar-refractivity contribution in [2.45, 2.75) is 12.7 Å². The summed E-state index contributed by atoms with van der Waals surface area (Å²) in [7, 11) is 0. The molecule has 0 amide bonds. The maximum atomic E-state index is 13.6. The normalized spacial score (nSPS) is 11.0. The van der Waals surface area contributed by atoms with Crippen LogP contribution in [-0.2, 0) is 5.75 Å². The van der Waals surface area contributed by atoms with Crippen LogP contribution in [0.1, 0.15) is 11.1 Å². The van der Waals surface area contributed by atoms with E-state index in [2.05, 4.69) is 10.3 Å². The maximum Gasteiger partial charge on any atom is 0.183 e. The standard InChI is InChI=1S/C16H14FN3S/c1-12-6-2-3-7-13(12)10-21-16(19-11-18)20-15-9-5-4-8-14(15)17/h2-9H,10H2,1H3,(H,19,20). The van der Waals surface area contributed by atoms with E-state index in [0.29, 0.717) is 10.9 Å². The number of rotatable bonds is 3. The van der Waals surface area contributed by atoms with E-state index < -0.39 is 5.82 Å². The Labute approximate surface area is 127 Å². The molecule has 0 saturated heterocycles. The van der Waals surface area contributed by atoms with Crippen LogP contribution in [0, 0.1) is 24.2 Å². The molecule has 0 unspecified atom stereocenters. The van der Waals surface area contributed by atoms with Crippen LogP contribution in [0.15, 0.2) is 53.5 Å². The summed E-state index contributed by atoms with van der Waals surface area (Å²) in [5.74, 6) is 0.250. The zero-order valence-electron chi connectivity index (χ0n) is 11.5. The quantitative estimate of drug-likeness (QED) is 0.401. The number of hydrogen-bond acceptors (Lipinski definition) is 3. The number of nitrogens with one attached hydrogen (secondary N) is 1. The van der Waals surface area contributed by atoms with E-state index in [-0.39, 0.29) is 5.69 Å². The number of thioether (sulfide) groups is 1. The molecule has 0 heterocycles. The number of aliphatic imine (C=N–C) groups is 1. The highest BCUT2D eigenvalue weighted by Gasteiger charge is 2.05. The number of amidine groups is 1. The molecule has 0 aromatic heterocycles. The van der Waals surface area contributed by atoms with Gasteiger partial charge in [-0.05, 0) is 30.2 Å². The second-order valence-electron chi connectivity index (χ2n) is 4.32. The Hall–Kier alpha value is -2.32. The van der Waals surface area contributed by atoms with Gasteiger partial charge in [0.1, 0.15) is 11.5 Å². The SMILES string of the molecule is Cc1ccccc1CSC(=Nc1ccccc1F)NC#N. The Morgan fingerprint density at radius 1 is 1.24 bits per heavy atom.